The van der Waals surface area contributed by atoms with Crippen LogP contribution in [-0.2, 0) is 6.54 Å². The van der Waals surface area contributed by atoms with Crippen LogP contribution in [-0.4, -0.2) is 28.9 Å². The molecule has 1 aromatic heterocycles. The van der Waals surface area contributed by atoms with E-state index in [-0.39, 0.29) is 5.91 Å². The van der Waals surface area contributed by atoms with E-state index in [2.05, 4.69) is 10.3 Å². The predicted molar refractivity (Wildman–Crippen MR) is 91.0 cm³/mol. The molecule has 0 aliphatic carbocycles. The highest BCUT2D eigenvalue weighted by atomic mass is 35.5. The zero-order valence-corrected chi connectivity index (χ0v) is 14.1. The molecule has 2 heterocycles. The zero-order valence-electron chi connectivity index (χ0n) is 11.8. The smallest absolute Gasteiger partial charge is 0.256 e. The molecule has 22 heavy (non-hydrogen) atoms. The molecule has 1 saturated heterocycles. The van der Waals surface area contributed by atoms with E-state index in [1.807, 2.05) is 11.0 Å². The van der Waals surface area contributed by atoms with E-state index in [0.717, 1.165) is 36.5 Å². The molecule has 116 valence electrons. The number of halogens is 2. The highest BCUT2D eigenvalue weighted by Gasteiger charge is 2.22. The zero-order chi connectivity index (χ0) is 15.5. The summed E-state index contributed by atoms with van der Waals surface area (Å²) in [5.41, 5.74) is 3.08. The van der Waals surface area contributed by atoms with Gasteiger partial charge in [-0.15, -0.1) is 11.3 Å². The van der Waals surface area contributed by atoms with Crippen molar-refractivity contribution in [2.75, 3.05) is 18.4 Å². The van der Waals surface area contributed by atoms with Crippen molar-refractivity contribution in [2.45, 2.75) is 19.4 Å². The number of nitrogens with zero attached hydrogens (tertiary/aromatic N) is 2. The van der Waals surface area contributed by atoms with E-state index < -0.39 is 0 Å². The van der Waals surface area contributed by atoms with Gasteiger partial charge in [-0.1, -0.05) is 23.2 Å². The third-order valence-electron chi connectivity index (χ3n) is 3.64. The minimum atomic E-state index is 0.0258. The van der Waals surface area contributed by atoms with Gasteiger partial charge in [-0.25, -0.2) is 4.98 Å². The molecular weight excluding hydrogens is 341 g/mol. The van der Waals surface area contributed by atoms with Crippen molar-refractivity contribution < 1.29 is 4.79 Å². The number of rotatable bonds is 4. The second-order valence-corrected chi connectivity index (χ2v) is 6.84. The molecule has 4 nitrogen and oxygen atoms in total. The van der Waals surface area contributed by atoms with E-state index in [1.165, 1.54) is 11.3 Å². The molecule has 1 aliphatic heterocycles. The van der Waals surface area contributed by atoms with Gasteiger partial charge in [-0.05, 0) is 31.0 Å². The monoisotopic (exact) mass is 355 g/mol. The van der Waals surface area contributed by atoms with E-state index in [9.17, 15) is 4.79 Å². The Balaban J connectivity index is 1.81. The van der Waals surface area contributed by atoms with Crippen LogP contribution in [0, 0.1) is 0 Å². The molecule has 0 atom stereocenters. The van der Waals surface area contributed by atoms with Gasteiger partial charge in [0.15, 0.2) is 0 Å². The van der Waals surface area contributed by atoms with Crippen LogP contribution in [0.3, 0.4) is 0 Å². The fourth-order valence-electron chi connectivity index (χ4n) is 2.49. The van der Waals surface area contributed by atoms with Gasteiger partial charge in [0.2, 0.25) is 0 Å². The second kappa shape index (κ2) is 6.86. The number of hydrogen-bond acceptors (Lipinski definition) is 4. The molecule has 2 aromatic rings. The number of amides is 1. The summed E-state index contributed by atoms with van der Waals surface area (Å²) in [5, 5.41) is 4.33. The largest absolute Gasteiger partial charge is 0.379 e. The Bertz CT molecular complexity index is 683. The first-order valence-electron chi connectivity index (χ1n) is 7.05. The predicted octanol–water partition coefficient (Wildman–Crippen LogP) is 4.30. The summed E-state index contributed by atoms with van der Waals surface area (Å²) in [6.07, 6.45) is 2.12. The van der Waals surface area contributed by atoms with Crippen molar-refractivity contribution in [3.63, 3.8) is 0 Å². The van der Waals surface area contributed by atoms with Gasteiger partial charge in [0.25, 0.3) is 5.91 Å². The van der Waals surface area contributed by atoms with Crippen LogP contribution in [0.25, 0.3) is 0 Å². The standard InChI is InChI=1S/C15H15Cl2N3OS/c16-10-3-4-12(18-8-13-14(17)19-9-22-13)11(7-10)15(21)20-5-1-2-6-20/h3-4,7,9,18H,1-2,5-6,8H2. The van der Waals surface area contributed by atoms with Crippen LogP contribution in [0.1, 0.15) is 28.1 Å². The lowest BCUT2D eigenvalue weighted by atomic mass is 10.1. The van der Waals surface area contributed by atoms with Gasteiger partial charge < -0.3 is 10.2 Å². The first kappa shape index (κ1) is 15.6. The quantitative estimate of drug-likeness (QED) is 0.889. The van der Waals surface area contributed by atoms with Crippen LogP contribution >= 0.6 is 34.5 Å². The van der Waals surface area contributed by atoms with Crippen molar-refractivity contribution in [3.8, 4) is 0 Å². The van der Waals surface area contributed by atoms with E-state index in [4.69, 9.17) is 23.2 Å². The van der Waals surface area contributed by atoms with Gasteiger partial charge in [0.05, 0.1) is 22.5 Å². The molecule has 0 radical (unpaired) electrons. The Hall–Kier alpha value is -1.30. The molecule has 1 aromatic carbocycles. The number of thiazole rings is 1. The number of anilines is 1. The molecule has 0 spiro atoms. The van der Waals surface area contributed by atoms with Crippen LogP contribution in [0.5, 0.6) is 0 Å². The Morgan fingerprint density at radius 2 is 2.09 bits per heavy atom. The van der Waals surface area contributed by atoms with E-state index in [0.29, 0.717) is 22.3 Å². The fourth-order valence-corrected chi connectivity index (χ4v) is 3.56. The second-order valence-electron chi connectivity index (χ2n) is 5.11. The van der Waals surface area contributed by atoms with Gasteiger partial charge in [-0.3, -0.25) is 4.79 Å². The Labute approximate surface area is 143 Å². The number of carbonyl (C=O) groups excluding carboxylic acids is 1. The minimum absolute atomic E-state index is 0.0258. The summed E-state index contributed by atoms with van der Waals surface area (Å²) in [4.78, 5) is 19.5. The Morgan fingerprint density at radius 3 is 2.77 bits per heavy atom. The molecule has 0 bridgehead atoms. The Morgan fingerprint density at radius 1 is 1.32 bits per heavy atom. The lowest BCUT2D eigenvalue weighted by Crippen LogP contribution is -2.28. The molecule has 0 unspecified atom stereocenters. The van der Waals surface area contributed by atoms with Gasteiger partial charge in [0.1, 0.15) is 5.15 Å². The van der Waals surface area contributed by atoms with E-state index >= 15 is 0 Å². The van der Waals surface area contributed by atoms with Gasteiger partial charge in [-0.2, -0.15) is 0 Å². The third kappa shape index (κ3) is 3.37. The van der Waals surface area contributed by atoms with Crippen LogP contribution in [0.2, 0.25) is 10.2 Å². The number of benzene rings is 1. The molecule has 7 heteroatoms. The number of hydrogen-bond donors (Lipinski definition) is 1. The van der Waals surface area contributed by atoms with Gasteiger partial charge in [0, 0.05) is 23.8 Å². The minimum Gasteiger partial charge on any atom is -0.379 e. The first-order chi connectivity index (χ1) is 10.6. The van der Waals surface area contributed by atoms with Crippen molar-refractivity contribution in [3.05, 3.63) is 44.3 Å². The normalized spacial score (nSPS) is 14.4. The SMILES string of the molecule is O=C(c1cc(Cl)ccc1NCc1scnc1Cl)N1CCCC1. The van der Waals surface area contributed by atoms with Crippen LogP contribution in [0.4, 0.5) is 5.69 Å². The maximum atomic E-state index is 12.6. The Kier molecular flexibility index (Phi) is 4.86. The maximum absolute atomic E-state index is 12.6. The maximum Gasteiger partial charge on any atom is 0.256 e. The topological polar surface area (TPSA) is 45.2 Å². The van der Waals surface area contributed by atoms with E-state index in [1.54, 1.807) is 17.6 Å². The third-order valence-corrected chi connectivity index (χ3v) is 5.14. The van der Waals surface area contributed by atoms with Crippen molar-refractivity contribution in [1.29, 1.82) is 0 Å². The number of carbonyl (C=O) groups is 1. The molecule has 1 fully saturated rings. The molecule has 1 amide bonds. The number of nitrogens with one attached hydrogen (secondary N) is 1. The summed E-state index contributed by atoms with van der Waals surface area (Å²) in [7, 11) is 0. The highest BCUT2D eigenvalue weighted by Crippen LogP contribution is 2.26. The lowest BCUT2D eigenvalue weighted by Gasteiger charge is -2.18. The summed E-state index contributed by atoms with van der Waals surface area (Å²) in [6.45, 7) is 2.16. The van der Waals surface area contributed by atoms with Crippen molar-refractivity contribution in [2.24, 2.45) is 0 Å². The molecule has 0 saturated carbocycles. The van der Waals surface area contributed by atoms with Crippen molar-refractivity contribution >= 4 is 46.1 Å². The summed E-state index contributed by atoms with van der Waals surface area (Å²) in [6, 6.07) is 5.33. The molecule has 3 rings (SSSR count). The van der Waals surface area contributed by atoms with Crippen molar-refractivity contribution in [1.82, 2.24) is 9.88 Å². The van der Waals surface area contributed by atoms with Crippen LogP contribution in [0.15, 0.2) is 23.7 Å². The number of likely N-dealkylation sites (tertiary alicyclic amines) is 1. The first-order valence-corrected chi connectivity index (χ1v) is 8.69. The average Bonchev–Trinajstić information content (AvgIpc) is 3.17. The average molecular weight is 356 g/mol. The summed E-state index contributed by atoms with van der Waals surface area (Å²) in [5.74, 6) is 0.0258. The molecule has 1 aliphatic rings. The highest BCUT2D eigenvalue weighted by molar-refractivity contribution is 7.10. The molecule has 1 N–H and O–H groups in total. The summed E-state index contributed by atoms with van der Waals surface area (Å²) >= 11 is 13.5. The lowest BCUT2D eigenvalue weighted by molar-refractivity contribution is 0.0793. The van der Waals surface area contributed by atoms with Gasteiger partial charge >= 0.3 is 0 Å². The fraction of sp³-hybridized carbons (Fsp3) is 0.333. The number of aromatic nitrogens is 1. The summed E-state index contributed by atoms with van der Waals surface area (Å²) < 4.78 is 0. The van der Waals surface area contributed by atoms with Crippen LogP contribution < -0.4 is 5.32 Å². The molecular formula is C15H15Cl2N3OS.